The van der Waals surface area contributed by atoms with Gasteiger partial charge in [0.05, 0.1) is 0 Å². The Kier molecular flexibility index (Phi) is 18.4. The average molecular weight is 481 g/mol. The van der Waals surface area contributed by atoms with Crippen LogP contribution in [0.1, 0.15) is 148 Å². The standard InChI is InChI=1S/C28H52N2O2S/c1-3-5-7-9-11-13-15-17-19-21-23-29-27(31)26(25-33)28(32)30(29)24-22-20-18-16-14-12-10-8-6-4-2/h25,31H,3-24H2,1-2H3. The molecule has 0 atom stereocenters. The van der Waals surface area contributed by atoms with Crippen LogP contribution in [-0.4, -0.2) is 19.8 Å². The Balaban J connectivity index is 2.30. The zero-order chi connectivity index (χ0) is 24.2. The van der Waals surface area contributed by atoms with Crippen molar-refractivity contribution in [3.63, 3.8) is 0 Å². The van der Waals surface area contributed by atoms with E-state index < -0.39 is 0 Å². The van der Waals surface area contributed by atoms with Gasteiger partial charge in [-0.3, -0.25) is 9.48 Å². The van der Waals surface area contributed by atoms with Crippen LogP contribution in [0.5, 0.6) is 5.88 Å². The average Bonchev–Trinajstić information content (AvgIpc) is 3.04. The van der Waals surface area contributed by atoms with Gasteiger partial charge in [0.1, 0.15) is 5.56 Å². The Morgan fingerprint density at radius 3 is 1.30 bits per heavy atom. The molecule has 0 radical (unpaired) electrons. The molecule has 0 unspecified atom stereocenters. The van der Waals surface area contributed by atoms with Crippen LogP contribution in [0.4, 0.5) is 0 Å². The third-order valence-corrected chi connectivity index (χ3v) is 7.04. The van der Waals surface area contributed by atoms with Gasteiger partial charge in [-0.25, -0.2) is 4.68 Å². The van der Waals surface area contributed by atoms with Crippen LogP contribution in [-0.2, 0) is 13.1 Å². The molecule has 0 aliphatic carbocycles. The first-order valence-electron chi connectivity index (χ1n) is 14.1. The largest absolute Gasteiger partial charge is 0.493 e. The molecule has 0 saturated heterocycles. The van der Waals surface area contributed by atoms with Crippen molar-refractivity contribution in [2.24, 2.45) is 0 Å². The molecule has 0 saturated carbocycles. The van der Waals surface area contributed by atoms with Gasteiger partial charge < -0.3 is 5.11 Å². The van der Waals surface area contributed by atoms with Crippen LogP contribution in [0.25, 0.3) is 0 Å². The molecule has 4 nitrogen and oxygen atoms in total. The highest BCUT2D eigenvalue weighted by Crippen LogP contribution is 2.17. The number of unbranched alkanes of at least 4 members (excludes halogenated alkanes) is 18. The molecule has 1 heterocycles. The van der Waals surface area contributed by atoms with E-state index in [2.05, 4.69) is 13.8 Å². The van der Waals surface area contributed by atoms with Crippen molar-refractivity contribution in [2.45, 2.75) is 155 Å². The van der Waals surface area contributed by atoms with E-state index in [4.69, 9.17) is 12.2 Å². The first-order chi connectivity index (χ1) is 16.2. The minimum atomic E-state index is -0.134. The van der Waals surface area contributed by atoms with Crippen LogP contribution < -0.4 is 5.56 Å². The Bertz CT molecular complexity index is 666. The molecule has 0 aliphatic rings. The number of hydrogen-bond acceptors (Lipinski definition) is 3. The van der Waals surface area contributed by atoms with E-state index in [0.717, 1.165) is 25.7 Å². The summed E-state index contributed by atoms with van der Waals surface area (Å²) in [6.45, 7) is 5.88. The van der Waals surface area contributed by atoms with Gasteiger partial charge in [0.2, 0.25) is 5.88 Å². The van der Waals surface area contributed by atoms with Gasteiger partial charge in [0.25, 0.3) is 5.56 Å². The summed E-state index contributed by atoms with van der Waals surface area (Å²) in [7, 11) is 0. The molecule has 0 fully saturated rings. The Morgan fingerprint density at radius 1 is 0.606 bits per heavy atom. The molecule has 0 aliphatic heterocycles. The van der Waals surface area contributed by atoms with Crippen LogP contribution in [0.15, 0.2) is 4.79 Å². The lowest BCUT2D eigenvalue weighted by Gasteiger charge is -2.12. The van der Waals surface area contributed by atoms with Crippen molar-refractivity contribution in [1.82, 2.24) is 9.36 Å². The molecular weight excluding hydrogens is 428 g/mol. The van der Waals surface area contributed by atoms with Crippen molar-refractivity contribution in [1.29, 1.82) is 0 Å². The summed E-state index contributed by atoms with van der Waals surface area (Å²) in [6, 6.07) is 0. The lowest BCUT2D eigenvalue weighted by atomic mass is 10.1. The molecule has 0 amide bonds. The fourth-order valence-electron chi connectivity index (χ4n) is 4.65. The number of nitrogens with zero attached hydrogens (tertiary/aromatic N) is 2. The van der Waals surface area contributed by atoms with E-state index in [9.17, 15) is 9.90 Å². The zero-order valence-corrected chi connectivity index (χ0v) is 22.6. The van der Waals surface area contributed by atoms with Gasteiger partial charge in [-0.2, -0.15) is 0 Å². The quantitative estimate of drug-likeness (QED) is 0.126. The van der Waals surface area contributed by atoms with Crippen LogP contribution >= 0.6 is 12.2 Å². The molecule has 5 heteroatoms. The van der Waals surface area contributed by atoms with Gasteiger partial charge >= 0.3 is 0 Å². The third kappa shape index (κ3) is 12.8. The van der Waals surface area contributed by atoms with Crippen molar-refractivity contribution in [2.75, 3.05) is 0 Å². The Morgan fingerprint density at radius 2 is 0.939 bits per heavy atom. The fourth-order valence-corrected chi connectivity index (χ4v) is 4.85. The van der Waals surface area contributed by atoms with Crippen molar-refractivity contribution >= 4 is 17.6 Å². The molecular formula is C28H52N2O2S. The van der Waals surface area contributed by atoms with E-state index in [1.54, 1.807) is 9.36 Å². The minimum absolute atomic E-state index is 0.0537. The number of rotatable bonds is 23. The first-order valence-corrected chi connectivity index (χ1v) is 14.6. The normalized spacial score (nSPS) is 11.3. The minimum Gasteiger partial charge on any atom is -0.493 e. The summed E-state index contributed by atoms with van der Waals surface area (Å²) in [4.78, 5) is 12.7. The van der Waals surface area contributed by atoms with Crippen molar-refractivity contribution in [3.8, 4) is 5.88 Å². The topological polar surface area (TPSA) is 47.2 Å². The van der Waals surface area contributed by atoms with Crippen LogP contribution in [0, 0.1) is 0 Å². The summed E-state index contributed by atoms with van der Waals surface area (Å²) < 4.78 is 3.50. The highest BCUT2D eigenvalue weighted by Gasteiger charge is 2.17. The highest BCUT2D eigenvalue weighted by molar-refractivity contribution is 7.79. The summed E-state index contributed by atoms with van der Waals surface area (Å²) in [5.74, 6) is 0.0537. The smallest absolute Gasteiger partial charge is 0.278 e. The molecule has 0 spiro atoms. The summed E-state index contributed by atoms with van der Waals surface area (Å²) in [5.41, 5.74) is 0.148. The predicted octanol–water partition coefficient (Wildman–Crippen LogP) is 8.55. The molecule has 0 aromatic carbocycles. The van der Waals surface area contributed by atoms with Crippen LogP contribution in [0.3, 0.4) is 0 Å². The van der Waals surface area contributed by atoms with E-state index >= 15 is 0 Å². The Labute approximate surface area is 209 Å². The lowest BCUT2D eigenvalue weighted by molar-refractivity contribution is 0.338. The highest BCUT2D eigenvalue weighted by atomic mass is 32.1. The molecule has 1 aromatic rings. The molecule has 192 valence electrons. The zero-order valence-electron chi connectivity index (χ0n) is 21.8. The number of aromatic nitrogens is 2. The van der Waals surface area contributed by atoms with Crippen molar-refractivity contribution < 1.29 is 5.11 Å². The molecule has 1 aromatic heterocycles. The van der Waals surface area contributed by atoms with E-state index in [0.29, 0.717) is 13.1 Å². The van der Waals surface area contributed by atoms with E-state index in [1.165, 1.54) is 108 Å². The number of aromatic hydroxyl groups is 1. The van der Waals surface area contributed by atoms with Crippen LogP contribution in [0.2, 0.25) is 0 Å². The monoisotopic (exact) mass is 480 g/mol. The second kappa shape index (κ2) is 20.3. The van der Waals surface area contributed by atoms with E-state index in [-0.39, 0.29) is 17.0 Å². The van der Waals surface area contributed by atoms with Gasteiger partial charge in [0.15, 0.2) is 0 Å². The fraction of sp³-hybridized carbons (Fsp3) is 0.857. The molecule has 0 bridgehead atoms. The number of thiocarbonyl (C=S) groups is 1. The summed E-state index contributed by atoms with van der Waals surface area (Å²) in [6.07, 6.45) is 25.5. The second-order valence-electron chi connectivity index (χ2n) is 9.77. The van der Waals surface area contributed by atoms with Gasteiger partial charge in [0, 0.05) is 18.5 Å². The molecule has 33 heavy (non-hydrogen) atoms. The maximum Gasteiger partial charge on any atom is 0.278 e. The maximum atomic E-state index is 12.7. The van der Waals surface area contributed by atoms with E-state index in [1.807, 2.05) is 0 Å². The third-order valence-electron chi connectivity index (χ3n) is 6.81. The van der Waals surface area contributed by atoms with Gasteiger partial charge in [-0.15, -0.1) is 0 Å². The summed E-state index contributed by atoms with van der Waals surface area (Å²) in [5, 5.41) is 11.9. The van der Waals surface area contributed by atoms with Crippen molar-refractivity contribution in [3.05, 3.63) is 15.9 Å². The van der Waals surface area contributed by atoms with Gasteiger partial charge in [-0.1, -0.05) is 142 Å². The lowest BCUT2D eigenvalue weighted by Crippen LogP contribution is -2.24. The second-order valence-corrected chi connectivity index (χ2v) is 10.0. The summed E-state index contributed by atoms with van der Waals surface area (Å²) >= 11 is 5.00. The van der Waals surface area contributed by atoms with Gasteiger partial charge in [-0.05, 0) is 12.8 Å². The maximum absolute atomic E-state index is 12.7. The number of hydrogen-bond donors (Lipinski definition) is 1. The predicted molar refractivity (Wildman–Crippen MR) is 147 cm³/mol. The SMILES string of the molecule is CCCCCCCCCCCCn1c(O)c(C=S)c(=O)n1CCCCCCCCCCCC. The Hall–Kier alpha value is -1.10. The molecule has 1 rings (SSSR count). The molecule has 1 N–H and O–H groups in total. The first kappa shape index (κ1) is 29.9.